The highest BCUT2D eigenvalue weighted by Gasteiger charge is 2.92. The highest BCUT2D eigenvalue weighted by atomic mass is 16.7. The summed E-state index contributed by atoms with van der Waals surface area (Å²) in [6.45, 7) is -3.49. The summed E-state index contributed by atoms with van der Waals surface area (Å²) in [5.74, 6) is -43.9. The van der Waals surface area contributed by atoms with Crippen LogP contribution in [0.4, 0.5) is 0 Å². The van der Waals surface area contributed by atoms with Gasteiger partial charge in [-0.2, -0.15) is 4.90 Å². The number of aromatic hydroxyl groups is 4. The van der Waals surface area contributed by atoms with Crippen molar-refractivity contribution in [2.75, 3.05) is 41.2 Å². The third kappa shape index (κ3) is 7.69. The maximum absolute atomic E-state index is 14.0. The van der Waals surface area contributed by atoms with E-state index in [4.69, 9.17) is 23.7 Å². The Bertz CT molecular complexity index is 2990. The van der Waals surface area contributed by atoms with E-state index in [2.05, 4.69) is 0 Å². The molecule has 0 spiro atoms. The van der Waals surface area contributed by atoms with Crippen molar-refractivity contribution in [3.8, 4) is 51.7 Å². The lowest BCUT2D eigenvalue weighted by molar-refractivity contribution is -0.623. The number of ketones is 2. The molecule has 2 heterocycles. The van der Waals surface area contributed by atoms with Crippen LogP contribution in [-0.2, 0) is 25.3 Å². The van der Waals surface area contributed by atoms with Crippen molar-refractivity contribution in [2.24, 2.45) is 5.92 Å². The molecule has 30 heteroatoms. The molecular weight excluding hydrogens is 1050 g/mol. The van der Waals surface area contributed by atoms with Crippen LogP contribution in [-0.4, -0.2) is 222 Å². The minimum Gasteiger partial charge on any atom is -0.504 e. The number of benzene rings is 4. The number of phenolic OH excluding ortho intramolecular Hbond substituents is 4. The van der Waals surface area contributed by atoms with Crippen molar-refractivity contribution < 1.29 is 141 Å². The van der Waals surface area contributed by atoms with Gasteiger partial charge in [0.25, 0.3) is 29.3 Å². The van der Waals surface area contributed by atoms with Gasteiger partial charge >= 0.3 is 0 Å². The fraction of sp³-hybridized carbons (Fsp3) is 0.458. The number of methoxy groups -OCH3 is 3. The highest BCUT2D eigenvalue weighted by molar-refractivity contribution is 6.09. The van der Waals surface area contributed by atoms with E-state index in [1.165, 1.54) is 56.7 Å². The predicted molar refractivity (Wildman–Crippen MR) is 248 cm³/mol. The normalized spacial score (nSPS) is 23.9. The number of likely N-dealkylation sites (tertiary alicyclic amines) is 2. The van der Waals surface area contributed by atoms with E-state index < -0.39 is 176 Å². The van der Waals surface area contributed by atoms with Crippen LogP contribution >= 0.6 is 0 Å². The Morgan fingerprint density at radius 3 is 1.50 bits per heavy atom. The van der Waals surface area contributed by atoms with E-state index in [1.807, 2.05) is 0 Å². The molecule has 426 valence electrons. The first-order valence-corrected chi connectivity index (χ1v) is 23.1. The van der Waals surface area contributed by atoms with Crippen LogP contribution in [0.3, 0.4) is 0 Å². The van der Waals surface area contributed by atoms with Gasteiger partial charge in [0, 0.05) is 49.5 Å². The average molecular weight is 1110 g/mol. The van der Waals surface area contributed by atoms with E-state index in [-0.39, 0.29) is 41.0 Å². The second-order valence-electron chi connectivity index (χ2n) is 19.5. The molecule has 4 aromatic carbocycles. The summed E-state index contributed by atoms with van der Waals surface area (Å²) in [4.78, 5) is 27.7. The monoisotopic (exact) mass is 1110 g/mol. The first-order valence-electron chi connectivity index (χ1n) is 23.1. The summed E-state index contributed by atoms with van der Waals surface area (Å²) in [7, 11) is 3.63. The molecule has 0 amide bonds. The van der Waals surface area contributed by atoms with Gasteiger partial charge in [-0.1, -0.05) is 30.3 Å². The van der Waals surface area contributed by atoms with E-state index >= 15 is 0 Å². The van der Waals surface area contributed by atoms with Crippen molar-refractivity contribution in [1.29, 1.82) is 0 Å². The zero-order valence-corrected chi connectivity index (χ0v) is 41.1. The van der Waals surface area contributed by atoms with Gasteiger partial charge in [0.2, 0.25) is 52.8 Å². The lowest BCUT2D eigenvalue weighted by Gasteiger charge is -2.66. The number of carbonyl (C=O) groups is 2. The molecule has 2 unspecified atom stereocenters. The first kappa shape index (κ1) is 57.8. The lowest BCUT2D eigenvalue weighted by atomic mass is 9.63. The van der Waals surface area contributed by atoms with E-state index in [1.54, 1.807) is 0 Å². The van der Waals surface area contributed by atoms with Gasteiger partial charge < -0.3 is 131 Å². The number of phenols is 4. The van der Waals surface area contributed by atoms with Crippen LogP contribution in [0.2, 0.25) is 0 Å². The maximum atomic E-state index is 14.0. The molecule has 0 radical (unpaired) electrons. The Morgan fingerprint density at radius 2 is 1.01 bits per heavy atom. The Balaban J connectivity index is 0.990. The quantitative estimate of drug-likeness (QED) is 0.0299. The molecule has 78 heavy (non-hydrogen) atoms. The third-order valence-electron chi connectivity index (χ3n) is 15.3. The van der Waals surface area contributed by atoms with Gasteiger partial charge in [-0.3, -0.25) is 9.59 Å². The molecule has 4 aliphatic rings. The average Bonchev–Trinajstić information content (AvgIpc) is 3.87. The smallest absolute Gasteiger partial charge is 0.290 e. The zero-order chi connectivity index (χ0) is 58.1. The van der Waals surface area contributed by atoms with Crippen LogP contribution in [0.15, 0.2) is 54.6 Å². The molecule has 2 atom stereocenters. The van der Waals surface area contributed by atoms with E-state index in [0.717, 1.165) is 18.1 Å². The molecule has 2 aliphatic heterocycles. The highest BCUT2D eigenvalue weighted by Crippen LogP contribution is 2.59. The number of aliphatic hydroxyl groups is 17. The van der Waals surface area contributed by atoms with Crippen molar-refractivity contribution in [1.82, 2.24) is 9.80 Å². The summed E-state index contributed by atoms with van der Waals surface area (Å²) in [6, 6.07) is 10.7. The topological polar surface area (TPSA) is 512 Å². The number of fused-ring (bicyclic) bond motifs is 2. The summed E-state index contributed by atoms with van der Waals surface area (Å²) >= 11 is 0. The Hall–Kier alpha value is -6.34. The number of hydrogen-bond acceptors (Lipinski definition) is 30. The van der Waals surface area contributed by atoms with Gasteiger partial charge in [-0.25, -0.2) is 4.90 Å². The van der Waals surface area contributed by atoms with Crippen molar-refractivity contribution in [2.45, 2.75) is 89.9 Å². The minimum atomic E-state index is -5.41. The summed E-state index contributed by atoms with van der Waals surface area (Å²) in [6.07, 6.45) is -2.80. The summed E-state index contributed by atoms with van der Waals surface area (Å²) < 4.78 is 26.4. The Kier molecular flexibility index (Phi) is 13.8. The molecule has 4 aromatic rings. The van der Waals surface area contributed by atoms with Gasteiger partial charge in [-0.05, 0) is 53.8 Å². The first-order chi connectivity index (χ1) is 36.0. The molecule has 2 saturated heterocycles. The number of piperidine rings is 2. The zero-order valence-electron chi connectivity index (χ0n) is 41.1. The van der Waals surface area contributed by atoms with Crippen LogP contribution in [0.25, 0.3) is 0 Å². The van der Waals surface area contributed by atoms with Crippen LogP contribution in [0.5, 0.6) is 51.7 Å². The predicted octanol–water partition coefficient (Wildman–Crippen LogP) is -6.36. The summed E-state index contributed by atoms with van der Waals surface area (Å²) in [5.41, 5.74) is -15.0. The van der Waals surface area contributed by atoms with Crippen molar-refractivity contribution in [3.63, 3.8) is 0 Å². The third-order valence-corrected chi connectivity index (χ3v) is 15.3. The van der Waals surface area contributed by atoms with Crippen molar-refractivity contribution in [3.05, 3.63) is 88.0 Å². The largest absolute Gasteiger partial charge is 0.504 e. The number of Topliss-reactive ketones (excluding diaryl/α,β-unsaturated/α-hetero) is 2. The molecular formula is C48H56N2O28. The number of carbonyl (C=O) groups excluding carboxylic acids is 2. The lowest BCUT2D eigenvalue weighted by Crippen LogP contribution is -2.98. The molecule has 8 rings (SSSR count). The van der Waals surface area contributed by atoms with Gasteiger partial charge in [0.05, 0.1) is 21.3 Å². The molecule has 0 aromatic heterocycles. The number of rotatable bonds is 15. The van der Waals surface area contributed by atoms with Crippen LogP contribution < -0.4 is 23.7 Å². The molecule has 2 aliphatic carbocycles. The fourth-order valence-corrected chi connectivity index (χ4v) is 10.7. The maximum Gasteiger partial charge on any atom is 0.290 e. The standard InChI is InChI=1S/C48H56N2O28/c1-74-27-13-22-17-39(57,37(55)25(22)15-29(27)76-3)41(59,60)24-9-11-49(12-10-24)42(61,62)31-32(51)34(53)36(35(54)33(31)52)78-20-77-30-16-26-23(14-28(30)75-2)18-40(58,38(26)56)44(64,65)43(63)45(66,67)47(70,71)50(48(72,73)46(43,68)69)19-21-7-5-4-6-8-21/h4-8,13-16,24,51-54,57-73H,9-12,17-20H2,1-3H3. The summed E-state index contributed by atoms with van der Waals surface area (Å²) in [5, 5.41) is 236. The van der Waals surface area contributed by atoms with E-state index in [9.17, 15) is 117 Å². The van der Waals surface area contributed by atoms with E-state index in [0.29, 0.717) is 6.07 Å². The molecule has 2 fully saturated rings. The SMILES string of the molecule is COc1cc2c(cc1OC)C(=O)C(O)(C(O)(O)C1CCN(C(O)(O)c3c(O)c(O)c(OCOc4cc5c(cc4OC)CC(O)(C(O)(O)C4(O)C(O)(O)C(O)(O)N(Cc6ccccc6)C(O)(O)C4(O)O)C5=O)c(O)c3O)CC1)C2. The Labute approximate surface area is 437 Å². The second kappa shape index (κ2) is 18.6. The van der Waals surface area contributed by atoms with Gasteiger partial charge in [0.15, 0.2) is 45.7 Å². The minimum absolute atomic E-state index is 0.0706. The number of hydrogen-bond donors (Lipinski definition) is 21. The van der Waals surface area contributed by atoms with Gasteiger partial charge in [0.1, 0.15) is 5.56 Å². The number of nitrogens with zero attached hydrogens (tertiary/aromatic N) is 2. The molecule has 21 N–H and O–H groups in total. The van der Waals surface area contributed by atoms with Crippen LogP contribution in [0.1, 0.15) is 55.8 Å². The molecule has 30 nitrogen and oxygen atoms in total. The fourth-order valence-electron chi connectivity index (χ4n) is 10.7. The van der Waals surface area contributed by atoms with Gasteiger partial charge in [-0.15, -0.1) is 0 Å². The number of ether oxygens (including phenoxy) is 5. The molecule has 0 saturated carbocycles. The van der Waals surface area contributed by atoms with Crippen molar-refractivity contribution >= 4 is 11.6 Å². The Morgan fingerprint density at radius 1 is 0.577 bits per heavy atom. The molecule has 0 bridgehead atoms. The van der Waals surface area contributed by atoms with Crippen LogP contribution in [0, 0.1) is 5.92 Å². The second-order valence-corrected chi connectivity index (χ2v) is 19.5.